The van der Waals surface area contributed by atoms with Crippen LogP contribution in [0.1, 0.15) is 34.1 Å². The van der Waals surface area contributed by atoms with E-state index in [0.717, 1.165) is 5.57 Å². The van der Waals surface area contributed by atoms with Gasteiger partial charge >= 0.3 is 0 Å². The van der Waals surface area contributed by atoms with Gasteiger partial charge in [-0.2, -0.15) is 0 Å². The van der Waals surface area contributed by atoms with Crippen molar-refractivity contribution in [1.82, 2.24) is 0 Å². The molecule has 1 heteroatoms. The fourth-order valence-electron chi connectivity index (χ4n) is 1.95. The van der Waals surface area contributed by atoms with Crippen LogP contribution in [-0.2, 0) is 4.79 Å². The summed E-state index contributed by atoms with van der Waals surface area (Å²) < 4.78 is 0. The zero-order valence-corrected chi connectivity index (χ0v) is 11.1. The Hall–Kier alpha value is -1.55. The van der Waals surface area contributed by atoms with Gasteiger partial charge in [0.25, 0.3) is 0 Å². The van der Waals surface area contributed by atoms with Crippen molar-refractivity contribution < 1.29 is 4.79 Å². The Morgan fingerprint density at radius 3 is 2.47 bits per heavy atom. The SMILES string of the molecule is C#CC1=CC(C)(CC(C)=O)C=CC(C)(C)C=C1. The first kappa shape index (κ1) is 13.5. The van der Waals surface area contributed by atoms with Crippen molar-refractivity contribution >= 4 is 5.78 Å². The predicted molar refractivity (Wildman–Crippen MR) is 72.4 cm³/mol. The van der Waals surface area contributed by atoms with E-state index >= 15 is 0 Å². The molecular weight excluding hydrogens is 208 g/mol. The molecule has 0 radical (unpaired) electrons. The number of hydrogen-bond donors (Lipinski definition) is 0. The zero-order chi connectivity index (χ0) is 13.1. The van der Waals surface area contributed by atoms with Gasteiger partial charge in [0, 0.05) is 22.8 Å². The lowest BCUT2D eigenvalue weighted by molar-refractivity contribution is -0.118. The van der Waals surface area contributed by atoms with Gasteiger partial charge in [0.05, 0.1) is 0 Å². The van der Waals surface area contributed by atoms with Crippen molar-refractivity contribution in [1.29, 1.82) is 0 Å². The topological polar surface area (TPSA) is 17.1 Å². The summed E-state index contributed by atoms with van der Waals surface area (Å²) in [6.45, 7) is 7.89. The fourth-order valence-corrected chi connectivity index (χ4v) is 1.95. The predicted octanol–water partition coefficient (Wildman–Crippen LogP) is 3.68. The van der Waals surface area contributed by atoms with Crippen LogP contribution in [0.3, 0.4) is 0 Å². The van der Waals surface area contributed by atoms with Crippen LogP contribution >= 0.6 is 0 Å². The first-order chi connectivity index (χ1) is 7.76. The molecule has 0 spiro atoms. The molecule has 1 aliphatic carbocycles. The fraction of sp³-hybridized carbons (Fsp3) is 0.438. The lowest BCUT2D eigenvalue weighted by Gasteiger charge is -2.26. The van der Waals surface area contributed by atoms with Gasteiger partial charge in [0.2, 0.25) is 0 Å². The van der Waals surface area contributed by atoms with Gasteiger partial charge < -0.3 is 0 Å². The van der Waals surface area contributed by atoms with E-state index in [9.17, 15) is 4.79 Å². The average molecular weight is 228 g/mol. The Morgan fingerprint density at radius 2 is 1.94 bits per heavy atom. The number of allylic oxidation sites excluding steroid dienone is 6. The maximum atomic E-state index is 11.3. The molecule has 90 valence electrons. The molecular formula is C16H20O. The van der Waals surface area contributed by atoms with E-state index in [1.165, 1.54) is 0 Å². The van der Waals surface area contributed by atoms with E-state index in [1.807, 2.05) is 19.1 Å². The number of carbonyl (C=O) groups excluding carboxylic acids is 1. The molecule has 0 N–H and O–H groups in total. The van der Waals surface area contributed by atoms with E-state index in [1.54, 1.807) is 6.92 Å². The van der Waals surface area contributed by atoms with Crippen LogP contribution in [0, 0.1) is 23.2 Å². The molecule has 0 heterocycles. The number of carbonyl (C=O) groups is 1. The summed E-state index contributed by atoms with van der Waals surface area (Å²) >= 11 is 0. The van der Waals surface area contributed by atoms with Crippen LogP contribution < -0.4 is 0 Å². The van der Waals surface area contributed by atoms with E-state index in [2.05, 4.69) is 38.0 Å². The van der Waals surface area contributed by atoms with Crippen molar-refractivity contribution in [3.8, 4) is 12.3 Å². The molecule has 1 nitrogen and oxygen atoms in total. The van der Waals surface area contributed by atoms with E-state index in [0.29, 0.717) is 6.42 Å². The first-order valence-corrected chi connectivity index (χ1v) is 5.85. The Labute approximate surface area is 104 Å². The molecule has 0 saturated carbocycles. The molecule has 0 aromatic rings. The van der Waals surface area contributed by atoms with Gasteiger partial charge in [-0.3, -0.25) is 4.79 Å². The summed E-state index contributed by atoms with van der Waals surface area (Å²) in [6, 6.07) is 0. The van der Waals surface area contributed by atoms with Crippen LogP contribution in [0.25, 0.3) is 0 Å². The lowest BCUT2D eigenvalue weighted by atomic mass is 9.78. The third-order valence-corrected chi connectivity index (χ3v) is 2.87. The van der Waals surface area contributed by atoms with Crippen LogP contribution in [0.15, 0.2) is 36.0 Å². The van der Waals surface area contributed by atoms with E-state index in [4.69, 9.17) is 6.42 Å². The molecule has 1 atom stereocenters. The highest BCUT2D eigenvalue weighted by Gasteiger charge is 2.23. The van der Waals surface area contributed by atoms with Gasteiger partial charge in [-0.1, -0.05) is 51.0 Å². The normalized spacial score (nSPS) is 26.6. The van der Waals surface area contributed by atoms with Crippen LogP contribution in [0.4, 0.5) is 0 Å². The second-order valence-corrected chi connectivity index (χ2v) is 5.62. The summed E-state index contributed by atoms with van der Waals surface area (Å²) in [5, 5.41) is 0. The van der Waals surface area contributed by atoms with Crippen molar-refractivity contribution in [2.75, 3.05) is 0 Å². The third-order valence-electron chi connectivity index (χ3n) is 2.87. The van der Waals surface area contributed by atoms with Gasteiger partial charge in [-0.25, -0.2) is 0 Å². The highest BCUT2D eigenvalue weighted by Crippen LogP contribution is 2.33. The number of rotatable bonds is 2. The number of terminal acetylenes is 1. The average Bonchev–Trinajstić information content (AvgIpc) is 2.19. The van der Waals surface area contributed by atoms with Crippen LogP contribution in [0.5, 0.6) is 0 Å². The maximum absolute atomic E-state index is 11.3. The monoisotopic (exact) mass is 228 g/mol. The summed E-state index contributed by atoms with van der Waals surface area (Å²) in [6.07, 6.45) is 16.2. The van der Waals surface area contributed by atoms with Crippen molar-refractivity contribution in [2.24, 2.45) is 10.8 Å². The molecule has 0 aromatic heterocycles. The van der Waals surface area contributed by atoms with Crippen molar-refractivity contribution in [3.05, 3.63) is 36.0 Å². The molecule has 1 unspecified atom stereocenters. The smallest absolute Gasteiger partial charge is 0.131 e. The van der Waals surface area contributed by atoms with Crippen LogP contribution in [0.2, 0.25) is 0 Å². The quantitative estimate of drug-likeness (QED) is 0.520. The second kappa shape index (κ2) is 4.75. The molecule has 0 saturated heterocycles. The Kier molecular flexibility index (Phi) is 3.78. The summed E-state index contributed by atoms with van der Waals surface area (Å²) in [5.74, 6) is 2.84. The number of Topliss-reactive ketones (excluding diaryl/α,β-unsaturated/α-hetero) is 1. The highest BCUT2D eigenvalue weighted by molar-refractivity contribution is 5.77. The minimum atomic E-state index is -0.282. The molecule has 1 rings (SSSR count). The Bertz CT molecular complexity index is 441. The molecule has 1 aliphatic rings. The molecule has 0 bridgehead atoms. The van der Waals surface area contributed by atoms with Gasteiger partial charge in [0.1, 0.15) is 5.78 Å². The van der Waals surface area contributed by atoms with Gasteiger partial charge in [-0.05, 0) is 13.0 Å². The van der Waals surface area contributed by atoms with Crippen LogP contribution in [-0.4, -0.2) is 5.78 Å². The van der Waals surface area contributed by atoms with Gasteiger partial charge in [0.15, 0.2) is 0 Å². The highest BCUT2D eigenvalue weighted by atomic mass is 16.1. The van der Waals surface area contributed by atoms with Crippen molar-refractivity contribution in [3.63, 3.8) is 0 Å². The molecule has 17 heavy (non-hydrogen) atoms. The third kappa shape index (κ3) is 4.07. The number of hydrogen-bond acceptors (Lipinski definition) is 1. The largest absolute Gasteiger partial charge is 0.300 e. The van der Waals surface area contributed by atoms with E-state index < -0.39 is 0 Å². The molecule has 0 amide bonds. The first-order valence-electron chi connectivity index (χ1n) is 5.85. The molecule has 0 fully saturated rings. The zero-order valence-electron chi connectivity index (χ0n) is 11.1. The van der Waals surface area contributed by atoms with Crippen molar-refractivity contribution in [2.45, 2.75) is 34.1 Å². The number of ketones is 1. The second-order valence-electron chi connectivity index (χ2n) is 5.62. The Morgan fingerprint density at radius 1 is 1.29 bits per heavy atom. The van der Waals surface area contributed by atoms with Gasteiger partial charge in [-0.15, -0.1) is 6.42 Å². The maximum Gasteiger partial charge on any atom is 0.131 e. The summed E-state index contributed by atoms with van der Waals surface area (Å²) in [4.78, 5) is 11.3. The molecule has 0 aliphatic heterocycles. The standard InChI is InChI=1S/C16H20O/c1-6-14-7-8-15(3,4)9-10-16(5,12-14)11-13(2)17/h1,7-10,12H,11H2,2-5H3. The molecule has 0 aromatic carbocycles. The summed E-state index contributed by atoms with van der Waals surface area (Å²) in [5.41, 5.74) is 0.524. The van der Waals surface area contributed by atoms with E-state index in [-0.39, 0.29) is 16.6 Å². The lowest BCUT2D eigenvalue weighted by Crippen LogP contribution is -2.17. The summed E-state index contributed by atoms with van der Waals surface area (Å²) in [7, 11) is 0. The minimum Gasteiger partial charge on any atom is -0.300 e. The minimum absolute atomic E-state index is 0.0333. The Balaban J connectivity index is 3.22.